The smallest absolute Gasteiger partial charge is 0.338 e. The zero-order chi connectivity index (χ0) is 30.8. The van der Waals surface area contributed by atoms with E-state index in [1.54, 1.807) is 50.3 Å². The molecule has 10 heteroatoms. The van der Waals surface area contributed by atoms with Gasteiger partial charge in [-0.15, -0.1) is 0 Å². The molecule has 3 aromatic carbocycles. The molecular formula is C34H26Cl2N2O5S. The molecule has 0 unspecified atom stereocenters. The minimum atomic E-state index is -0.885. The first kappa shape index (κ1) is 29.7. The molecule has 44 heavy (non-hydrogen) atoms. The molecule has 7 nitrogen and oxygen atoms in total. The molecule has 0 aliphatic carbocycles. The first-order valence-electron chi connectivity index (χ1n) is 13.8. The second-order valence-corrected chi connectivity index (χ2v) is 11.8. The van der Waals surface area contributed by atoms with Gasteiger partial charge in [-0.2, -0.15) is 0 Å². The van der Waals surface area contributed by atoms with Gasteiger partial charge in [-0.3, -0.25) is 9.36 Å². The van der Waals surface area contributed by atoms with Crippen molar-refractivity contribution in [1.29, 1.82) is 0 Å². The van der Waals surface area contributed by atoms with E-state index in [2.05, 4.69) is 4.99 Å². The number of carbonyl (C=O) groups excluding carboxylic acids is 1. The average Bonchev–Trinajstić information content (AvgIpc) is 3.62. The number of carbonyl (C=O) groups is 1. The molecule has 0 fully saturated rings. The second-order valence-electron chi connectivity index (χ2n) is 9.98. The normalized spacial score (nSPS) is 14.7. The van der Waals surface area contributed by atoms with Crippen LogP contribution in [0.5, 0.6) is 5.75 Å². The van der Waals surface area contributed by atoms with E-state index in [-0.39, 0.29) is 17.7 Å². The quantitative estimate of drug-likeness (QED) is 0.171. The maximum Gasteiger partial charge on any atom is 0.338 e. The standard InChI is InChI=1S/C34H26Cl2N2O5S/c1-3-41-33(40)30-20(2)37-34-38(31(30)28-15-14-27(43-28)23-12-13-25(35)26(36)18-23)32(39)29(44-34)17-22-10-7-11-24(16-22)42-19-21-8-5-4-6-9-21/h4-18,31H,3,19H2,1-2H3/b29-17-/t31-/m0/s1. The van der Waals surface area contributed by atoms with Crippen molar-refractivity contribution in [2.45, 2.75) is 26.5 Å². The summed E-state index contributed by atoms with van der Waals surface area (Å²) in [6.45, 7) is 4.05. The summed E-state index contributed by atoms with van der Waals surface area (Å²) in [6, 6.07) is 25.2. The Bertz CT molecular complexity index is 2080. The van der Waals surface area contributed by atoms with Crippen LogP contribution in [0.15, 0.2) is 110 Å². The molecule has 0 saturated heterocycles. The Morgan fingerprint density at radius 2 is 1.84 bits per heavy atom. The number of furan rings is 1. The minimum Gasteiger partial charge on any atom is -0.489 e. The van der Waals surface area contributed by atoms with Crippen molar-refractivity contribution < 1.29 is 18.7 Å². The summed E-state index contributed by atoms with van der Waals surface area (Å²) in [5.41, 5.74) is 2.92. The maximum absolute atomic E-state index is 14.0. The molecular weight excluding hydrogens is 619 g/mol. The Morgan fingerprint density at radius 1 is 1.02 bits per heavy atom. The van der Waals surface area contributed by atoms with E-state index in [1.807, 2.05) is 54.6 Å². The highest BCUT2D eigenvalue weighted by atomic mass is 35.5. The van der Waals surface area contributed by atoms with Crippen molar-refractivity contribution in [1.82, 2.24) is 4.57 Å². The molecule has 5 aromatic rings. The highest BCUT2D eigenvalue weighted by Gasteiger charge is 2.35. The fourth-order valence-electron chi connectivity index (χ4n) is 4.95. The van der Waals surface area contributed by atoms with E-state index >= 15 is 0 Å². The van der Waals surface area contributed by atoms with Gasteiger partial charge in [0.1, 0.15) is 29.9 Å². The molecule has 0 N–H and O–H groups in total. The summed E-state index contributed by atoms with van der Waals surface area (Å²) < 4.78 is 19.6. The molecule has 1 aliphatic rings. The van der Waals surface area contributed by atoms with E-state index in [4.69, 9.17) is 37.1 Å². The molecule has 0 bridgehead atoms. The monoisotopic (exact) mass is 644 g/mol. The molecule has 222 valence electrons. The maximum atomic E-state index is 14.0. The summed E-state index contributed by atoms with van der Waals surface area (Å²) in [7, 11) is 0. The third-order valence-electron chi connectivity index (χ3n) is 7.02. The van der Waals surface area contributed by atoms with Crippen LogP contribution in [0.2, 0.25) is 10.0 Å². The van der Waals surface area contributed by atoms with Gasteiger partial charge in [-0.05, 0) is 73.5 Å². The fourth-order valence-corrected chi connectivity index (χ4v) is 6.30. The topological polar surface area (TPSA) is 83.0 Å². The van der Waals surface area contributed by atoms with Gasteiger partial charge in [-0.25, -0.2) is 9.79 Å². The van der Waals surface area contributed by atoms with Gasteiger partial charge < -0.3 is 13.9 Å². The van der Waals surface area contributed by atoms with Gasteiger partial charge in [0.25, 0.3) is 5.56 Å². The summed E-state index contributed by atoms with van der Waals surface area (Å²) in [6.07, 6.45) is 1.79. The predicted octanol–water partition coefficient (Wildman–Crippen LogP) is 6.94. The van der Waals surface area contributed by atoms with Crippen molar-refractivity contribution in [3.8, 4) is 17.1 Å². The van der Waals surface area contributed by atoms with E-state index in [9.17, 15) is 9.59 Å². The number of halogens is 2. The number of hydrogen-bond donors (Lipinski definition) is 0. The fraction of sp³-hybridized carbons (Fsp3) is 0.147. The number of esters is 1. The van der Waals surface area contributed by atoms with Crippen molar-refractivity contribution in [3.63, 3.8) is 0 Å². The zero-order valence-corrected chi connectivity index (χ0v) is 26.1. The molecule has 1 aliphatic heterocycles. The highest BCUT2D eigenvalue weighted by molar-refractivity contribution is 7.07. The highest BCUT2D eigenvalue weighted by Crippen LogP contribution is 2.35. The van der Waals surface area contributed by atoms with Crippen LogP contribution in [0, 0.1) is 0 Å². The van der Waals surface area contributed by atoms with Gasteiger partial charge in [0.2, 0.25) is 0 Å². The summed E-state index contributed by atoms with van der Waals surface area (Å²) in [5, 5.41) is 0.804. The van der Waals surface area contributed by atoms with Crippen molar-refractivity contribution in [2.24, 2.45) is 4.99 Å². The molecule has 3 heterocycles. The van der Waals surface area contributed by atoms with Crippen molar-refractivity contribution >= 4 is 46.6 Å². The van der Waals surface area contributed by atoms with E-state index in [1.165, 1.54) is 15.9 Å². The lowest BCUT2D eigenvalue weighted by Gasteiger charge is -2.22. The number of thiazole rings is 1. The summed E-state index contributed by atoms with van der Waals surface area (Å²) >= 11 is 13.6. The zero-order valence-electron chi connectivity index (χ0n) is 23.8. The Morgan fingerprint density at radius 3 is 2.61 bits per heavy atom. The molecule has 6 rings (SSSR count). The Hall–Kier alpha value is -4.37. The molecule has 0 radical (unpaired) electrons. The number of benzene rings is 3. The average molecular weight is 646 g/mol. The van der Waals surface area contributed by atoms with Gasteiger partial charge in [-0.1, -0.05) is 77.0 Å². The number of nitrogens with zero attached hydrogens (tertiary/aromatic N) is 2. The summed E-state index contributed by atoms with van der Waals surface area (Å²) in [5.74, 6) is 1.00. The molecule has 0 spiro atoms. The number of aromatic nitrogens is 1. The van der Waals surface area contributed by atoms with Crippen molar-refractivity contribution in [2.75, 3.05) is 6.61 Å². The number of fused-ring (bicyclic) bond motifs is 1. The third-order valence-corrected chi connectivity index (χ3v) is 8.74. The van der Waals surface area contributed by atoms with Crippen LogP contribution < -0.4 is 19.6 Å². The lowest BCUT2D eigenvalue weighted by molar-refractivity contribution is -0.139. The van der Waals surface area contributed by atoms with E-state index in [0.717, 1.165) is 11.1 Å². The lowest BCUT2D eigenvalue weighted by Crippen LogP contribution is -2.39. The Balaban J connectivity index is 1.41. The van der Waals surface area contributed by atoms with Gasteiger partial charge in [0.15, 0.2) is 4.80 Å². The predicted molar refractivity (Wildman–Crippen MR) is 172 cm³/mol. The molecule has 0 saturated carbocycles. The van der Waals surface area contributed by atoms with Gasteiger partial charge in [0.05, 0.1) is 32.5 Å². The van der Waals surface area contributed by atoms with E-state index in [0.29, 0.717) is 54.5 Å². The number of ether oxygens (including phenoxy) is 2. The number of hydrogen-bond acceptors (Lipinski definition) is 7. The number of rotatable bonds is 8. The Labute approximate surface area is 266 Å². The van der Waals surface area contributed by atoms with Crippen LogP contribution in [-0.2, 0) is 16.1 Å². The minimum absolute atomic E-state index is 0.169. The first-order chi connectivity index (χ1) is 21.3. The number of allylic oxidation sites excluding steroid dienone is 1. The lowest BCUT2D eigenvalue weighted by atomic mass is 10.0. The molecule has 1 atom stereocenters. The van der Waals surface area contributed by atoms with Crippen LogP contribution >= 0.6 is 34.5 Å². The van der Waals surface area contributed by atoms with Crippen LogP contribution in [0.3, 0.4) is 0 Å². The Kier molecular flexibility index (Phi) is 8.57. The van der Waals surface area contributed by atoms with Crippen LogP contribution in [-0.4, -0.2) is 17.1 Å². The SMILES string of the molecule is CCOC(=O)C1=C(C)N=c2s/c(=C\c3cccc(OCc4ccccc4)c3)c(=O)n2[C@H]1c1ccc(-c2ccc(Cl)c(Cl)c2)o1. The van der Waals surface area contributed by atoms with Crippen LogP contribution in [0.1, 0.15) is 36.8 Å². The van der Waals surface area contributed by atoms with Gasteiger partial charge in [0, 0.05) is 5.56 Å². The van der Waals surface area contributed by atoms with Crippen LogP contribution in [0.4, 0.5) is 0 Å². The van der Waals surface area contributed by atoms with Gasteiger partial charge >= 0.3 is 5.97 Å². The summed E-state index contributed by atoms with van der Waals surface area (Å²) in [4.78, 5) is 32.3. The first-order valence-corrected chi connectivity index (χ1v) is 15.4. The largest absolute Gasteiger partial charge is 0.489 e. The van der Waals surface area contributed by atoms with Crippen molar-refractivity contribution in [3.05, 3.63) is 143 Å². The van der Waals surface area contributed by atoms with E-state index < -0.39 is 12.0 Å². The van der Waals surface area contributed by atoms with Crippen LogP contribution in [0.25, 0.3) is 17.4 Å². The molecule has 0 amide bonds. The molecule has 2 aromatic heterocycles. The third kappa shape index (κ3) is 6.01. The second kappa shape index (κ2) is 12.7.